The van der Waals surface area contributed by atoms with Crippen LogP contribution >= 0.6 is 0 Å². The van der Waals surface area contributed by atoms with Crippen molar-refractivity contribution in [1.29, 1.82) is 0 Å². The van der Waals surface area contributed by atoms with E-state index in [2.05, 4.69) is 5.10 Å². The van der Waals surface area contributed by atoms with Gasteiger partial charge in [0.15, 0.2) is 6.61 Å². The molecule has 0 spiro atoms. The van der Waals surface area contributed by atoms with Crippen LogP contribution in [0.4, 0.5) is 13.2 Å². The largest absolute Gasteiger partial charge is 0.483 e. The number of hydrazone groups is 1. The third kappa shape index (κ3) is 3.82. The van der Waals surface area contributed by atoms with Crippen molar-refractivity contribution in [3.8, 4) is 5.75 Å². The summed E-state index contributed by atoms with van der Waals surface area (Å²) in [6.07, 6.45) is -3.07. The van der Waals surface area contributed by atoms with E-state index in [1.54, 1.807) is 31.2 Å². The van der Waals surface area contributed by atoms with Crippen LogP contribution in [0.2, 0.25) is 0 Å². The molecule has 1 saturated carbocycles. The number of aryl methyl sites for hydroxylation is 1. The van der Waals surface area contributed by atoms with Crippen LogP contribution < -0.4 is 4.74 Å². The molecule has 1 aromatic carbocycles. The minimum atomic E-state index is -5.04. The highest BCUT2D eigenvalue weighted by atomic mass is 19.4. The van der Waals surface area contributed by atoms with Crippen LogP contribution in [0.3, 0.4) is 0 Å². The molecule has 0 bridgehead atoms. The molecule has 166 valence electrons. The Kier molecular flexibility index (Phi) is 5.93. The number of carbonyl (C=O) groups excluding carboxylic acids is 1. The zero-order chi connectivity index (χ0) is 22.3. The molecule has 1 aliphatic carbocycles. The van der Waals surface area contributed by atoms with Gasteiger partial charge in [-0.15, -0.1) is 0 Å². The lowest BCUT2D eigenvalue weighted by Crippen LogP contribution is -2.62. The third-order valence-corrected chi connectivity index (χ3v) is 6.82. The molecule has 1 aromatic rings. The fourth-order valence-electron chi connectivity index (χ4n) is 4.38. The number of amides is 1. The summed E-state index contributed by atoms with van der Waals surface area (Å²) in [5, 5.41) is 15.0. The number of para-hydroxylation sites is 1. The summed E-state index contributed by atoms with van der Waals surface area (Å²) in [6.45, 7) is 7.19. The molecule has 3 atom stereocenters. The first kappa shape index (κ1) is 22.6. The number of benzene rings is 1. The summed E-state index contributed by atoms with van der Waals surface area (Å²) >= 11 is 0. The van der Waals surface area contributed by atoms with E-state index in [0.717, 1.165) is 12.0 Å². The molecule has 0 unspecified atom stereocenters. The summed E-state index contributed by atoms with van der Waals surface area (Å²) in [5.74, 6) is -1.88. The van der Waals surface area contributed by atoms with E-state index in [-0.39, 0.29) is 28.5 Å². The van der Waals surface area contributed by atoms with Gasteiger partial charge in [-0.25, -0.2) is 0 Å². The number of rotatable bonds is 5. The molecule has 1 heterocycles. The molecule has 0 saturated heterocycles. The minimum absolute atomic E-state index is 0.00130. The maximum absolute atomic E-state index is 14.1. The van der Waals surface area contributed by atoms with E-state index >= 15 is 0 Å². The molecule has 1 aliphatic heterocycles. The average molecular weight is 426 g/mol. The number of ether oxygens (including phenoxy) is 1. The fraction of sp³-hybridized carbons (Fsp3) is 0.636. The first-order chi connectivity index (χ1) is 13.9. The number of nitrogens with zero attached hydrogens (tertiary/aromatic N) is 2. The van der Waals surface area contributed by atoms with E-state index in [0.29, 0.717) is 18.6 Å². The molecule has 1 N–H and O–H groups in total. The Labute approximate surface area is 174 Å². The van der Waals surface area contributed by atoms with Crippen LogP contribution in [-0.2, 0) is 4.79 Å². The highest BCUT2D eigenvalue weighted by Gasteiger charge is 2.69. The van der Waals surface area contributed by atoms with Gasteiger partial charge in [0.2, 0.25) is 0 Å². The molecular weight excluding hydrogens is 397 g/mol. The Balaban J connectivity index is 1.85. The monoisotopic (exact) mass is 426 g/mol. The van der Waals surface area contributed by atoms with Crippen molar-refractivity contribution in [3.63, 3.8) is 0 Å². The number of aliphatic hydroxyl groups is 1. The Bertz CT molecular complexity index is 837. The lowest BCUT2D eigenvalue weighted by Gasteiger charge is -2.43. The fourth-order valence-corrected chi connectivity index (χ4v) is 4.38. The van der Waals surface area contributed by atoms with Crippen molar-refractivity contribution in [3.05, 3.63) is 29.8 Å². The predicted molar refractivity (Wildman–Crippen MR) is 107 cm³/mol. The average Bonchev–Trinajstić information content (AvgIpc) is 3.00. The van der Waals surface area contributed by atoms with E-state index in [9.17, 15) is 23.1 Å². The second kappa shape index (κ2) is 7.87. The molecule has 3 rings (SSSR count). The number of hydrogen-bond acceptors (Lipinski definition) is 4. The molecule has 1 amide bonds. The van der Waals surface area contributed by atoms with Crippen molar-refractivity contribution in [2.24, 2.45) is 22.4 Å². The smallest absolute Gasteiger partial charge is 0.439 e. The van der Waals surface area contributed by atoms with Crippen molar-refractivity contribution in [2.45, 2.75) is 65.3 Å². The first-order valence-electron chi connectivity index (χ1n) is 10.3. The number of hydrogen-bond donors (Lipinski definition) is 1. The van der Waals surface area contributed by atoms with Crippen molar-refractivity contribution >= 4 is 11.6 Å². The van der Waals surface area contributed by atoms with Gasteiger partial charge in [0.1, 0.15) is 5.75 Å². The molecular formula is C22H29F3N2O3. The molecule has 0 radical (unpaired) electrons. The third-order valence-electron chi connectivity index (χ3n) is 6.82. The van der Waals surface area contributed by atoms with E-state index in [1.807, 2.05) is 20.8 Å². The Morgan fingerprint density at radius 3 is 2.60 bits per heavy atom. The molecule has 1 fully saturated rings. The van der Waals surface area contributed by atoms with E-state index < -0.39 is 30.3 Å². The molecule has 8 heteroatoms. The molecule has 5 nitrogen and oxygen atoms in total. The summed E-state index contributed by atoms with van der Waals surface area (Å²) in [7, 11) is 0. The number of halogens is 3. The second-order valence-corrected chi connectivity index (χ2v) is 8.94. The maximum atomic E-state index is 14.1. The van der Waals surface area contributed by atoms with Gasteiger partial charge in [0, 0.05) is 5.71 Å². The van der Waals surface area contributed by atoms with E-state index in [1.165, 1.54) is 0 Å². The van der Waals surface area contributed by atoms with Crippen molar-refractivity contribution in [1.82, 2.24) is 5.01 Å². The molecule has 30 heavy (non-hydrogen) atoms. The summed E-state index contributed by atoms with van der Waals surface area (Å²) in [5.41, 5.74) is -2.52. The van der Waals surface area contributed by atoms with Crippen LogP contribution in [0.5, 0.6) is 5.75 Å². The summed E-state index contributed by atoms with van der Waals surface area (Å²) in [4.78, 5) is 12.7. The molecule has 2 aliphatic rings. The van der Waals surface area contributed by atoms with Gasteiger partial charge in [0.25, 0.3) is 11.6 Å². The lowest BCUT2D eigenvalue weighted by molar-refractivity contribution is -0.318. The number of alkyl halides is 3. The quantitative estimate of drug-likeness (QED) is 0.744. The Morgan fingerprint density at radius 2 is 2.00 bits per heavy atom. The number of carbonyl (C=O) groups is 1. The first-order valence-corrected chi connectivity index (χ1v) is 10.3. The highest BCUT2D eigenvalue weighted by molar-refractivity contribution is 5.93. The maximum Gasteiger partial charge on any atom is 0.439 e. The zero-order valence-electron chi connectivity index (χ0n) is 17.8. The van der Waals surface area contributed by atoms with Gasteiger partial charge in [-0.2, -0.15) is 23.3 Å². The Hall–Kier alpha value is -2.09. The summed E-state index contributed by atoms with van der Waals surface area (Å²) in [6, 6.07) is 6.90. The van der Waals surface area contributed by atoms with Crippen molar-refractivity contribution in [2.75, 3.05) is 6.61 Å². The van der Waals surface area contributed by atoms with E-state index in [4.69, 9.17) is 4.74 Å². The van der Waals surface area contributed by atoms with Gasteiger partial charge in [0.05, 0.1) is 5.92 Å². The van der Waals surface area contributed by atoms with Gasteiger partial charge in [-0.05, 0) is 49.1 Å². The van der Waals surface area contributed by atoms with Gasteiger partial charge in [-0.3, -0.25) is 4.79 Å². The predicted octanol–water partition coefficient (Wildman–Crippen LogP) is 4.68. The normalized spacial score (nSPS) is 26.9. The summed E-state index contributed by atoms with van der Waals surface area (Å²) < 4.78 is 47.7. The van der Waals surface area contributed by atoms with Gasteiger partial charge in [-0.1, -0.05) is 45.4 Å². The minimum Gasteiger partial charge on any atom is -0.483 e. The SMILES string of the molecule is CCC(C)(C)[C@@H]1CCC2=NN(C(=O)COc3ccccc3C)[C@](O)(C(F)(F)F)[C@H]2C1. The van der Waals surface area contributed by atoms with Crippen molar-refractivity contribution < 1.29 is 27.8 Å². The molecule has 0 aromatic heterocycles. The lowest BCUT2D eigenvalue weighted by atomic mass is 9.64. The highest BCUT2D eigenvalue weighted by Crippen LogP contribution is 2.52. The zero-order valence-corrected chi connectivity index (χ0v) is 17.8. The van der Waals surface area contributed by atoms with Crippen LogP contribution in [0.15, 0.2) is 29.4 Å². The van der Waals surface area contributed by atoms with Crippen LogP contribution in [0.1, 0.15) is 52.0 Å². The van der Waals surface area contributed by atoms with Gasteiger partial charge < -0.3 is 9.84 Å². The number of fused-ring (bicyclic) bond motifs is 1. The van der Waals surface area contributed by atoms with Gasteiger partial charge >= 0.3 is 6.18 Å². The topological polar surface area (TPSA) is 62.1 Å². The van der Waals surface area contributed by atoms with Crippen LogP contribution in [0, 0.1) is 24.2 Å². The Morgan fingerprint density at radius 1 is 1.33 bits per heavy atom. The standard InChI is InChI=1S/C22H29F3N2O3/c1-5-20(3,4)15-10-11-17-16(12-15)21(29,22(23,24)25)27(26-17)19(28)13-30-18-9-7-6-8-14(18)2/h6-9,15-16,29H,5,10-13H2,1-4H3/t15-,16+,21-/m1/s1. The van der Waals surface area contributed by atoms with Crippen LogP contribution in [0.25, 0.3) is 0 Å². The second-order valence-electron chi connectivity index (χ2n) is 8.94. The van der Waals surface area contributed by atoms with Crippen LogP contribution in [-0.4, -0.2) is 40.2 Å².